The van der Waals surface area contributed by atoms with E-state index in [1.165, 1.54) is 5.56 Å². The van der Waals surface area contributed by atoms with Crippen molar-refractivity contribution in [1.29, 1.82) is 0 Å². The van der Waals surface area contributed by atoms with E-state index in [1.807, 2.05) is 17.5 Å². The van der Waals surface area contributed by atoms with Crippen molar-refractivity contribution in [3.8, 4) is 0 Å². The van der Waals surface area contributed by atoms with Gasteiger partial charge in [0.25, 0.3) is 0 Å². The summed E-state index contributed by atoms with van der Waals surface area (Å²) in [4.78, 5) is 0. The Hall–Kier alpha value is 0.210. The van der Waals surface area contributed by atoms with Crippen molar-refractivity contribution >= 4 is 44.9 Å². The Labute approximate surface area is 77.6 Å². The lowest BCUT2D eigenvalue weighted by atomic mass is 10.3. The van der Waals surface area contributed by atoms with E-state index >= 15 is 0 Å². The summed E-state index contributed by atoms with van der Waals surface area (Å²) in [6.07, 6.45) is 3.93. The Morgan fingerprint density at radius 1 is 1.60 bits per heavy atom. The van der Waals surface area contributed by atoms with Gasteiger partial charge in [0.1, 0.15) is 0 Å². The van der Waals surface area contributed by atoms with Gasteiger partial charge in [0, 0.05) is 15.7 Å². The molecule has 54 valence electrons. The highest BCUT2D eigenvalue weighted by Gasteiger charge is 1.93. The average Bonchev–Trinajstić information content (AvgIpc) is 2.31. The third-order valence-electron chi connectivity index (χ3n) is 1.03. The van der Waals surface area contributed by atoms with E-state index in [-0.39, 0.29) is 0 Å². The van der Waals surface area contributed by atoms with E-state index in [4.69, 9.17) is 11.6 Å². The Morgan fingerprint density at radius 3 is 2.90 bits per heavy atom. The van der Waals surface area contributed by atoms with E-state index < -0.39 is 0 Å². The molecule has 0 aliphatic heterocycles. The van der Waals surface area contributed by atoms with Gasteiger partial charge < -0.3 is 0 Å². The Kier molecular flexibility index (Phi) is 3.46. The van der Waals surface area contributed by atoms with Gasteiger partial charge in [-0.15, -0.1) is 11.6 Å². The molecule has 0 fully saturated rings. The maximum atomic E-state index is 5.47. The van der Waals surface area contributed by atoms with Gasteiger partial charge in [-0.1, -0.05) is 12.2 Å². The van der Waals surface area contributed by atoms with Crippen molar-refractivity contribution in [2.24, 2.45) is 0 Å². The molecule has 0 unspecified atom stereocenters. The van der Waals surface area contributed by atoms with Gasteiger partial charge in [0.2, 0.25) is 0 Å². The third-order valence-corrected chi connectivity index (χ3v) is 2.96. The fourth-order valence-corrected chi connectivity index (χ4v) is 2.07. The fraction of sp³-hybridized carbons (Fsp3) is 0.143. The molecular formula is C7H6BrClS. The second kappa shape index (κ2) is 4.16. The second-order valence-electron chi connectivity index (χ2n) is 1.73. The molecule has 0 aliphatic rings. The molecule has 10 heavy (non-hydrogen) atoms. The Morgan fingerprint density at radius 2 is 2.40 bits per heavy atom. The average molecular weight is 238 g/mol. The minimum Gasteiger partial charge on any atom is -0.151 e. The number of halogens is 2. The topological polar surface area (TPSA) is 0 Å². The largest absolute Gasteiger partial charge is 0.151 e. The van der Waals surface area contributed by atoms with Crippen LogP contribution < -0.4 is 0 Å². The first kappa shape index (κ1) is 8.31. The molecular weight excluding hydrogens is 232 g/mol. The minimum atomic E-state index is 0.572. The molecule has 1 rings (SSSR count). The highest BCUT2D eigenvalue weighted by atomic mass is 79.9. The van der Waals surface area contributed by atoms with Crippen molar-refractivity contribution in [2.45, 2.75) is 0 Å². The van der Waals surface area contributed by atoms with Crippen LogP contribution in [0.1, 0.15) is 5.56 Å². The SMILES string of the molecule is ClC/C=C/c1cscc1Br. The molecule has 0 radical (unpaired) electrons. The summed E-state index contributed by atoms with van der Waals surface area (Å²) < 4.78 is 1.14. The van der Waals surface area contributed by atoms with Crippen molar-refractivity contribution in [3.05, 3.63) is 26.9 Å². The van der Waals surface area contributed by atoms with Crippen molar-refractivity contribution < 1.29 is 0 Å². The van der Waals surface area contributed by atoms with Gasteiger partial charge in [-0.05, 0) is 26.9 Å². The Balaban J connectivity index is 2.74. The lowest BCUT2D eigenvalue weighted by molar-refractivity contribution is 1.73. The maximum absolute atomic E-state index is 5.47. The summed E-state index contributed by atoms with van der Waals surface area (Å²) in [6, 6.07) is 0. The first-order chi connectivity index (χ1) is 4.84. The molecule has 0 N–H and O–H groups in total. The normalized spacial score (nSPS) is 11.0. The lowest BCUT2D eigenvalue weighted by Gasteiger charge is -1.84. The monoisotopic (exact) mass is 236 g/mol. The van der Waals surface area contributed by atoms with Gasteiger partial charge in [-0.3, -0.25) is 0 Å². The van der Waals surface area contributed by atoms with Crippen LogP contribution in [0.25, 0.3) is 6.08 Å². The van der Waals surface area contributed by atoms with Crippen LogP contribution in [0, 0.1) is 0 Å². The van der Waals surface area contributed by atoms with E-state index in [0.717, 1.165) is 4.47 Å². The predicted octanol–water partition coefficient (Wildman–Crippen LogP) is 3.76. The number of allylic oxidation sites excluding steroid dienone is 1. The second-order valence-corrected chi connectivity index (χ2v) is 3.64. The molecule has 0 spiro atoms. The van der Waals surface area contributed by atoms with Gasteiger partial charge in [0.05, 0.1) is 0 Å². The highest BCUT2D eigenvalue weighted by Crippen LogP contribution is 2.22. The van der Waals surface area contributed by atoms with Gasteiger partial charge >= 0.3 is 0 Å². The maximum Gasteiger partial charge on any atom is 0.0407 e. The first-order valence-corrected chi connectivity index (χ1v) is 5.06. The quantitative estimate of drug-likeness (QED) is 0.687. The zero-order valence-electron chi connectivity index (χ0n) is 5.18. The van der Waals surface area contributed by atoms with Gasteiger partial charge in [0.15, 0.2) is 0 Å². The molecule has 0 nitrogen and oxygen atoms in total. The minimum absolute atomic E-state index is 0.572. The molecule has 0 saturated heterocycles. The summed E-state index contributed by atoms with van der Waals surface area (Å²) in [5, 5.41) is 4.13. The predicted molar refractivity (Wildman–Crippen MR) is 51.8 cm³/mol. The molecule has 0 aromatic carbocycles. The van der Waals surface area contributed by atoms with Crippen LogP contribution in [-0.4, -0.2) is 5.88 Å². The fourth-order valence-electron chi connectivity index (χ4n) is 0.582. The van der Waals surface area contributed by atoms with E-state index in [2.05, 4.69) is 21.3 Å². The van der Waals surface area contributed by atoms with Crippen LogP contribution in [0.4, 0.5) is 0 Å². The summed E-state index contributed by atoms with van der Waals surface area (Å²) in [7, 11) is 0. The van der Waals surface area contributed by atoms with E-state index in [0.29, 0.717) is 5.88 Å². The Bertz CT molecular complexity index is 229. The number of hydrogen-bond donors (Lipinski definition) is 0. The number of thiophene rings is 1. The van der Waals surface area contributed by atoms with Crippen LogP contribution in [0.2, 0.25) is 0 Å². The molecule has 1 aromatic rings. The highest BCUT2D eigenvalue weighted by molar-refractivity contribution is 9.10. The van der Waals surface area contributed by atoms with Gasteiger partial charge in [-0.2, -0.15) is 11.3 Å². The van der Waals surface area contributed by atoms with Crippen LogP contribution in [0.3, 0.4) is 0 Å². The number of hydrogen-bond acceptors (Lipinski definition) is 1. The number of alkyl halides is 1. The van der Waals surface area contributed by atoms with Crippen molar-refractivity contribution in [1.82, 2.24) is 0 Å². The van der Waals surface area contributed by atoms with Gasteiger partial charge in [-0.25, -0.2) is 0 Å². The lowest BCUT2D eigenvalue weighted by Crippen LogP contribution is -1.64. The van der Waals surface area contributed by atoms with Crippen molar-refractivity contribution in [3.63, 3.8) is 0 Å². The molecule has 1 aromatic heterocycles. The molecule has 0 atom stereocenters. The first-order valence-electron chi connectivity index (χ1n) is 2.79. The standard InChI is InChI=1S/C7H6BrClS/c8-7-5-10-4-6(7)2-1-3-9/h1-2,4-5H,3H2/b2-1+. The zero-order chi connectivity index (χ0) is 7.40. The molecule has 0 aliphatic carbocycles. The molecule has 1 heterocycles. The number of rotatable bonds is 2. The van der Waals surface area contributed by atoms with E-state index in [9.17, 15) is 0 Å². The van der Waals surface area contributed by atoms with Crippen LogP contribution in [0.15, 0.2) is 21.3 Å². The molecule has 3 heteroatoms. The smallest absolute Gasteiger partial charge is 0.0407 e. The zero-order valence-corrected chi connectivity index (χ0v) is 8.34. The molecule has 0 saturated carbocycles. The van der Waals surface area contributed by atoms with Crippen LogP contribution in [0.5, 0.6) is 0 Å². The van der Waals surface area contributed by atoms with E-state index in [1.54, 1.807) is 11.3 Å². The molecule has 0 bridgehead atoms. The molecule has 0 amide bonds. The van der Waals surface area contributed by atoms with Crippen molar-refractivity contribution in [2.75, 3.05) is 5.88 Å². The third kappa shape index (κ3) is 2.11. The summed E-state index contributed by atoms with van der Waals surface area (Å²) >= 11 is 10.6. The van der Waals surface area contributed by atoms with Crippen LogP contribution >= 0.6 is 38.9 Å². The van der Waals surface area contributed by atoms with Crippen LogP contribution in [-0.2, 0) is 0 Å². The summed E-state index contributed by atoms with van der Waals surface area (Å²) in [5.41, 5.74) is 1.20. The summed E-state index contributed by atoms with van der Waals surface area (Å²) in [5.74, 6) is 0.572. The summed E-state index contributed by atoms with van der Waals surface area (Å²) in [6.45, 7) is 0.